The number of carbonyl (C=O) groups excluding carboxylic acids is 2. The molecule has 1 aliphatic heterocycles. The standard InChI is InChI=1S/C19H21NO4/c1-18(2,3)17(22)20-19(16(21)15-9-6-11-23-15)10-12-24-14-8-5-4-7-13(14)19/h4-9,11H,10,12H2,1-3H3,(H,20,22)/t19-/m0/s1. The van der Waals surface area contributed by atoms with E-state index in [1.54, 1.807) is 12.1 Å². The van der Waals surface area contributed by atoms with Gasteiger partial charge in [0, 0.05) is 17.4 Å². The number of furan rings is 1. The summed E-state index contributed by atoms with van der Waals surface area (Å²) in [5.41, 5.74) is -1.14. The van der Waals surface area contributed by atoms with Crippen LogP contribution in [0.5, 0.6) is 5.75 Å². The maximum absolute atomic E-state index is 13.2. The number of benzene rings is 1. The Hall–Kier alpha value is -2.56. The quantitative estimate of drug-likeness (QED) is 0.878. The van der Waals surface area contributed by atoms with Crippen molar-refractivity contribution in [1.29, 1.82) is 0 Å². The number of para-hydroxylation sites is 1. The molecular formula is C19H21NO4. The second-order valence-electron chi connectivity index (χ2n) is 7.01. The topological polar surface area (TPSA) is 68.5 Å². The second-order valence-corrected chi connectivity index (χ2v) is 7.01. The minimum absolute atomic E-state index is 0.195. The van der Waals surface area contributed by atoms with E-state index in [4.69, 9.17) is 9.15 Å². The van der Waals surface area contributed by atoms with Gasteiger partial charge < -0.3 is 14.5 Å². The molecule has 1 amide bonds. The normalized spacial score (nSPS) is 20.0. The molecule has 1 N–H and O–H groups in total. The van der Waals surface area contributed by atoms with Crippen LogP contribution in [0.2, 0.25) is 0 Å². The zero-order valence-corrected chi connectivity index (χ0v) is 14.1. The van der Waals surface area contributed by atoms with E-state index in [0.717, 1.165) is 0 Å². The number of fused-ring (bicyclic) bond motifs is 1. The van der Waals surface area contributed by atoms with Gasteiger partial charge in [0.1, 0.15) is 11.3 Å². The molecule has 5 nitrogen and oxygen atoms in total. The lowest BCUT2D eigenvalue weighted by molar-refractivity contribution is -0.130. The van der Waals surface area contributed by atoms with E-state index in [0.29, 0.717) is 24.3 Å². The highest BCUT2D eigenvalue weighted by Gasteiger charge is 2.48. The van der Waals surface area contributed by atoms with E-state index in [1.807, 2.05) is 45.0 Å². The number of amides is 1. The molecule has 1 aliphatic rings. The number of carbonyl (C=O) groups is 2. The van der Waals surface area contributed by atoms with E-state index in [-0.39, 0.29) is 17.5 Å². The van der Waals surface area contributed by atoms with Crippen molar-refractivity contribution in [3.63, 3.8) is 0 Å². The summed E-state index contributed by atoms with van der Waals surface area (Å²) in [7, 11) is 0. The number of hydrogen-bond donors (Lipinski definition) is 1. The van der Waals surface area contributed by atoms with Crippen molar-refractivity contribution in [1.82, 2.24) is 5.32 Å². The Morgan fingerprint density at radius 3 is 2.54 bits per heavy atom. The Labute approximate surface area is 141 Å². The molecule has 1 aromatic carbocycles. The van der Waals surface area contributed by atoms with Crippen molar-refractivity contribution in [3.8, 4) is 5.75 Å². The molecule has 0 saturated heterocycles. The molecule has 5 heteroatoms. The Morgan fingerprint density at radius 2 is 1.88 bits per heavy atom. The van der Waals surface area contributed by atoms with Gasteiger partial charge in [-0.3, -0.25) is 9.59 Å². The molecule has 0 unspecified atom stereocenters. The third-order valence-corrected chi connectivity index (χ3v) is 4.22. The first-order chi connectivity index (χ1) is 11.3. The fraction of sp³-hybridized carbons (Fsp3) is 0.368. The average Bonchev–Trinajstić information content (AvgIpc) is 3.08. The highest BCUT2D eigenvalue weighted by atomic mass is 16.5. The van der Waals surface area contributed by atoms with E-state index in [2.05, 4.69) is 5.32 Å². The van der Waals surface area contributed by atoms with Gasteiger partial charge >= 0.3 is 0 Å². The lowest BCUT2D eigenvalue weighted by Gasteiger charge is -2.39. The molecule has 1 aromatic heterocycles. The molecule has 0 saturated carbocycles. The summed E-state index contributed by atoms with van der Waals surface area (Å²) in [6, 6.07) is 10.6. The fourth-order valence-electron chi connectivity index (χ4n) is 2.82. The van der Waals surface area contributed by atoms with E-state index >= 15 is 0 Å². The van der Waals surface area contributed by atoms with Crippen LogP contribution in [-0.4, -0.2) is 18.3 Å². The Balaban J connectivity index is 2.12. The Bertz CT molecular complexity index is 758. The third kappa shape index (κ3) is 2.70. The van der Waals surface area contributed by atoms with Crippen LogP contribution >= 0.6 is 0 Å². The first kappa shape index (κ1) is 16.3. The summed E-state index contributed by atoms with van der Waals surface area (Å²) in [6.07, 6.45) is 1.81. The van der Waals surface area contributed by atoms with Gasteiger partial charge in [-0.15, -0.1) is 0 Å². The summed E-state index contributed by atoms with van der Waals surface area (Å²) in [5, 5.41) is 2.99. The van der Waals surface area contributed by atoms with Crippen LogP contribution in [0.1, 0.15) is 43.3 Å². The van der Waals surface area contributed by atoms with Crippen molar-refractivity contribution in [3.05, 3.63) is 54.0 Å². The number of Topliss-reactive ketones (excluding diaryl/α,β-unsaturated/α-hetero) is 1. The van der Waals surface area contributed by atoms with Gasteiger partial charge in [-0.2, -0.15) is 0 Å². The summed E-state index contributed by atoms with van der Waals surface area (Å²) in [5.74, 6) is 0.374. The van der Waals surface area contributed by atoms with E-state index in [1.165, 1.54) is 6.26 Å². The van der Waals surface area contributed by atoms with Crippen molar-refractivity contribution in [2.45, 2.75) is 32.7 Å². The lowest BCUT2D eigenvalue weighted by atomic mass is 9.78. The number of nitrogens with one attached hydrogen (secondary N) is 1. The predicted molar refractivity (Wildman–Crippen MR) is 88.9 cm³/mol. The minimum atomic E-state index is -1.18. The summed E-state index contributed by atoms with van der Waals surface area (Å²) >= 11 is 0. The van der Waals surface area contributed by atoms with Crippen molar-refractivity contribution < 1.29 is 18.7 Å². The molecule has 24 heavy (non-hydrogen) atoms. The van der Waals surface area contributed by atoms with Gasteiger partial charge in [0.2, 0.25) is 11.7 Å². The SMILES string of the molecule is CC(C)(C)C(=O)N[C@@]1(C(=O)c2ccco2)CCOc2ccccc21. The zero-order valence-electron chi connectivity index (χ0n) is 14.1. The molecule has 126 valence electrons. The van der Waals surface area contributed by atoms with Crippen molar-refractivity contribution in [2.75, 3.05) is 6.61 Å². The molecule has 1 atom stereocenters. The summed E-state index contributed by atoms with van der Waals surface area (Å²) in [6.45, 7) is 5.80. The zero-order chi connectivity index (χ0) is 17.4. The molecule has 0 bridgehead atoms. The van der Waals surface area contributed by atoms with Gasteiger partial charge in [-0.05, 0) is 18.2 Å². The van der Waals surface area contributed by atoms with Crippen LogP contribution in [0.3, 0.4) is 0 Å². The monoisotopic (exact) mass is 327 g/mol. The second kappa shape index (κ2) is 5.82. The molecule has 2 heterocycles. The number of hydrogen-bond acceptors (Lipinski definition) is 4. The average molecular weight is 327 g/mol. The van der Waals surface area contributed by atoms with Gasteiger partial charge in [0.05, 0.1) is 12.9 Å². The van der Waals surface area contributed by atoms with Crippen LogP contribution in [0.25, 0.3) is 0 Å². The van der Waals surface area contributed by atoms with Crippen LogP contribution in [0.15, 0.2) is 47.1 Å². The number of ketones is 1. The van der Waals surface area contributed by atoms with E-state index < -0.39 is 11.0 Å². The first-order valence-electron chi connectivity index (χ1n) is 7.98. The molecule has 0 aliphatic carbocycles. The number of rotatable bonds is 3. The maximum Gasteiger partial charge on any atom is 0.228 e. The molecule has 0 radical (unpaired) electrons. The predicted octanol–water partition coefficient (Wildman–Crippen LogP) is 3.30. The molecule has 3 rings (SSSR count). The highest BCUT2D eigenvalue weighted by Crippen LogP contribution is 2.40. The number of ether oxygens (including phenoxy) is 1. The minimum Gasteiger partial charge on any atom is -0.493 e. The van der Waals surface area contributed by atoms with Crippen molar-refractivity contribution in [2.24, 2.45) is 5.41 Å². The van der Waals surface area contributed by atoms with Gasteiger partial charge in [0.15, 0.2) is 5.76 Å². The summed E-state index contributed by atoms with van der Waals surface area (Å²) in [4.78, 5) is 25.9. The Kier molecular flexibility index (Phi) is 3.95. The van der Waals surface area contributed by atoms with E-state index in [9.17, 15) is 9.59 Å². The molecule has 2 aromatic rings. The molecule has 0 spiro atoms. The summed E-state index contributed by atoms with van der Waals surface area (Å²) < 4.78 is 11.0. The fourth-order valence-corrected chi connectivity index (χ4v) is 2.82. The van der Waals surface area contributed by atoms with Crippen molar-refractivity contribution >= 4 is 11.7 Å². The van der Waals surface area contributed by atoms with Gasteiger partial charge in [-0.1, -0.05) is 39.0 Å². The van der Waals surface area contributed by atoms with Crippen LogP contribution in [0.4, 0.5) is 0 Å². The lowest BCUT2D eigenvalue weighted by Crippen LogP contribution is -2.56. The maximum atomic E-state index is 13.2. The van der Waals surface area contributed by atoms with Crippen LogP contribution < -0.4 is 10.1 Å². The molecular weight excluding hydrogens is 306 g/mol. The van der Waals surface area contributed by atoms with Crippen LogP contribution in [0, 0.1) is 5.41 Å². The van der Waals surface area contributed by atoms with Crippen LogP contribution in [-0.2, 0) is 10.3 Å². The van der Waals surface area contributed by atoms with Gasteiger partial charge in [0.25, 0.3) is 0 Å². The first-order valence-corrected chi connectivity index (χ1v) is 7.98. The Morgan fingerprint density at radius 1 is 1.12 bits per heavy atom. The highest BCUT2D eigenvalue weighted by molar-refractivity contribution is 6.04. The largest absolute Gasteiger partial charge is 0.493 e. The third-order valence-electron chi connectivity index (χ3n) is 4.22. The smallest absolute Gasteiger partial charge is 0.228 e. The molecule has 0 fully saturated rings. The van der Waals surface area contributed by atoms with Gasteiger partial charge in [-0.25, -0.2) is 0 Å².